The average molecular weight is 532 g/mol. The molecule has 2 fully saturated rings. The second-order valence-corrected chi connectivity index (χ2v) is 9.18. The van der Waals surface area contributed by atoms with Crippen LogP contribution in [0, 0.1) is 5.82 Å². The summed E-state index contributed by atoms with van der Waals surface area (Å²) >= 11 is 6.20. The fourth-order valence-corrected chi connectivity index (χ4v) is 4.27. The summed E-state index contributed by atoms with van der Waals surface area (Å²) in [6, 6.07) is 11.5. The highest BCUT2D eigenvalue weighted by molar-refractivity contribution is 6.31. The minimum absolute atomic E-state index is 0.143. The summed E-state index contributed by atoms with van der Waals surface area (Å²) in [6.07, 6.45) is 4.29. The van der Waals surface area contributed by atoms with Crippen LogP contribution in [-0.2, 0) is 9.59 Å². The van der Waals surface area contributed by atoms with Crippen LogP contribution in [0.4, 0.5) is 24.8 Å². The number of nitrogens with zero attached hydrogens (tertiary/aromatic N) is 4. The molecule has 1 unspecified atom stereocenters. The Balaban J connectivity index is 0.000000265. The maximum Gasteiger partial charge on any atom is 0.252 e. The standard InChI is InChI=1S/C19H16ClF3N2O2.C7H9N3/c20-16-7-2-1-6-15(16)17(18(27)24-13-9-19(22,23)10-13)25(11-26)14-5-3-4-12(21)8-14;1-3-8-7(9-4-1)10-5-2-6-10/h1-8,11,13,17H,9-10H2,(H,24,27);1,3-4H,2,5-6H2. The molecule has 37 heavy (non-hydrogen) atoms. The largest absolute Gasteiger partial charge is 0.351 e. The normalized spacial score (nSPS) is 16.8. The van der Waals surface area contributed by atoms with Crippen LogP contribution in [-0.4, -0.2) is 47.3 Å². The van der Waals surface area contributed by atoms with Gasteiger partial charge in [0, 0.05) is 60.6 Å². The number of rotatable bonds is 7. The van der Waals surface area contributed by atoms with Crippen molar-refractivity contribution in [1.29, 1.82) is 0 Å². The first-order valence-corrected chi connectivity index (χ1v) is 12.1. The molecule has 1 saturated carbocycles. The van der Waals surface area contributed by atoms with E-state index in [9.17, 15) is 22.8 Å². The summed E-state index contributed by atoms with van der Waals surface area (Å²) in [5.41, 5.74) is 0.447. The van der Waals surface area contributed by atoms with Crippen molar-refractivity contribution in [2.75, 3.05) is 22.9 Å². The van der Waals surface area contributed by atoms with Crippen molar-refractivity contribution in [3.8, 4) is 0 Å². The van der Waals surface area contributed by atoms with Crippen LogP contribution in [0.15, 0.2) is 67.0 Å². The third-order valence-corrected chi connectivity index (χ3v) is 6.42. The maximum absolute atomic E-state index is 13.6. The fraction of sp³-hybridized carbons (Fsp3) is 0.308. The van der Waals surface area contributed by atoms with Crippen LogP contribution in [0.1, 0.15) is 30.9 Å². The molecule has 1 aliphatic carbocycles. The van der Waals surface area contributed by atoms with Crippen LogP contribution in [0.3, 0.4) is 0 Å². The number of benzene rings is 2. The van der Waals surface area contributed by atoms with Crippen molar-refractivity contribution in [2.45, 2.75) is 37.3 Å². The molecule has 2 aromatic carbocycles. The maximum atomic E-state index is 13.6. The smallest absolute Gasteiger partial charge is 0.252 e. The predicted octanol–water partition coefficient (Wildman–Crippen LogP) is 4.78. The van der Waals surface area contributed by atoms with E-state index in [4.69, 9.17) is 11.6 Å². The highest BCUT2D eigenvalue weighted by Gasteiger charge is 2.47. The highest BCUT2D eigenvalue weighted by Crippen LogP contribution is 2.38. The molecule has 0 radical (unpaired) electrons. The highest BCUT2D eigenvalue weighted by atomic mass is 35.5. The SMILES string of the molecule is O=CN(c1cccc(F)c1)C(C(=O)NC1CC(F)(F)C1)c1ccccc1Cl.c1cnc(N2CCC2)nc1. The van der Waals surface area contributed by atoms with Crippen molar-refractivity contribution < 1.29 is 22.8 Å². The van der Waals surface area contributed by atoms with Gasteiger partial charge in [-0.25, -0.2) is 23.1 Å². The summed E-state index contributed by atoms with van der Waals surface area (Å²) in [6.45, 7) is 2.23. The number of hydrogen-bond acceptors (Lipinski definition) is 5. The molecule has 1 aliphatic heterocycles. The summed E-state index contributed by atoms with van der Waals surface area (Å²) in [4.78, 5) is 36.1. The fourth-order valence-electron chi connectivity index (χ4n) is 4.04. The van der Waals surface area contributed by atoms with Gasteiger partial charge in [-0.05, 0) is 36.8 Å². The lowest BCUT2D eigenvalue weighted by Gasteiger charge is -2.37. The van der Waals surface area contributed by atoms with Gasteiger partial charge in [0.15, 0.2) is 0 Å². The molecule has 11 heteroatoms. The Kier molecular flexibility index (Phi) is 8.27. The molecule has 0 spiro atoms. The van der Waals surface area contributed by atoms with E-state index in [1.54, 1.807) is 36.7 Å². The predicted molar refractivity (Wildman–Crippen MR) is 134 cm³/mol. The number of carbonyl (C=O) groups excluding carboxylic acids is 2. The Bertz CT molecular complexity index is 1220. The van der Waals surface area contributed by atoms with E-state index in [0.29, 0.717) is 12.0 Å². The minimum atomic E-state index is -2.80. The molecule has 2 amide bonds. The molecule has 2 aliphatic rings. The molecule has 1 aromatic heterocycles. The Labute approximate surface area is 217 Å². The van der Waals surface area contributed by atoms with Crippen LogP contribution >= 0.6 is 11.6 Å². The first-order chi connectivity index (χ1) is 17.8. The second-order valence-electron chi connectivity index (χ2n) is 8.78. The zero-order chi connectivity index (χ0) is 26.4. The molecule has 0 bridgehead atoms. The van der Waals surface area contributed by atoms with Crippen molar-refractivity contribution >= 4 is 35.6 Å². The molecule has 194 valence electrons. The summed E-state index contributed by atoms with van der Waals surface area (Å²) in [5.74, 6) is -3.19. The number of amides is 2. The molecule has 1 atom stereocenters. The zero-order valence-electron chi connectivity index (χ0n) is 19.7. The summed E-state index contributed by atoms with van der Waals surface area (Å²) < 4.78 is 39.8. The van der Waals surface area contributed by atoms with Gasteiger partial charge in [0.05, 0.1) is 0 Å². The van der Waals surface area contributed by atoms with Gasteiger partial charge in [-0.2, -0.15) is 0 Å². The summed E-state index contributed by atoms with van der Waals surface area (Å²) in [5, 5.41) is 2.75. The monoisotopic (exact) mass is 531 g/mol. The number of hydrogen-bond donors (Lipinski definition) is 1. The Morgan fingerprint density at radius 1 is 1.11 bits per heavy atom. The molecule has 1 N–H and O–H groups in total. The number of aromatic nitrogens is 2. The molecular weight excluding hydrogens is 507 g/mol. The first-order valence-electron chi connectivity index (χ1n) is 11.7. The number of nitrogens with one attached hydrogen (secondary N) is 1. The van der Waals surface area contributed by atoms with Crippen LogP contribution in [0.2, 0.25) is 5.02 Å². The first kappa shape index (κ1) is 26.4. The topological polar surface area (TPSA) is 78.4 Å². The van der Waals surface area contributed by atoms with E-state index < -0.39 is 42.6 Å². The Hall–Kier alpha value is -3.66. The number of halogens is 4. The molecule has 2 heterocycles. The zero-order valence-corrected chi connectivity index (χ0v) is 20.5. The second kappa shape index (κ2) is 11.6. The van der Waals surface area contributed by atoms with Gasteiger partial charge in [-0.1, -0.05) is 35.9 Å². The van der Waals surface area contributed by atoms with Crippen LogP contribution in [0.25, 0.3) is 0 Å². The molecule has 1 saturated heterocycles. The number of anilines is 2. The lowest BCUT2D eigenvalue weighted by molar-refractivity contribution is -0.131. The lowest BCUT2D eigenvalue weighted by atomic mass is 9.87. The quantitative estimate of drug-likeness (QED) is 0.444. The average Bonchev–Trinajstić information content (AvgIpc) is 2.82. The van der Waals surface area contributed by atoms with E-state index in [1.807, 2.05) is 6.07 Å². The van der Waals surface area contributed by atoms with Gasteiger partial charge in [0.1, 0.15) is 11.9 Å². The van der Waals surface area contributed by atoms with Crippen molar-refractivity contribution in [1.82, 2.24) is 15.3 Å². The van der Waals surface area contributed by atoms with Gasteiger partial charge in [0.2, 0.25) is 18.3 Å². The number of alkyl halides is 2. The van der Waals surface area contributed by atoms with Gasteiger partial charge >= 0.3 is 0 Å². The van der Waals surface area contributed by atoms with Gasteiger partial charge in [-0.15, -0.1) is 0 Å². The van der Waals surface area contributed by atoms with E-state index in [1.165, 1.54) is 24.6 Å². The third-order valence-electron chi connectivity index (χ3n) is 6.07. The third kappa shape index (κ3) is 6.56. The van der Waals surface area contributed by atoms with E-state index in [-0.39, 0.29) is 10.7 Å². The van der Waals surface area contributed by atoms with Crippen LogP contribution in [0.5, 0.6) is 0 Å². The molecular formula is C26H25ClF3N5O2. The van der Waals surface area contributed by atoms with Gasteiger partial charge in [-0.3, -0.25) is 14.5 Å². The molecule has 7 nitrogen and oxygen atoms in total. The van der Waals surface area contributed by atoms with Crippen molar-refractivity contribution in [3.05, 3.63) is 83.4 Å². The Morgan fingerprint density at radius 3 is 2.38 bits per heavy atom. The van der Waals surface area contributed by atoms with Crippen molar-refractivity contribution in [2.24, 2.45) is 0 Å². The lowest BCUT2D eigenvalue weighted by Crippen LogP contribution is -2.53. The van der Waals surface area contributed by atoms with E-state index >= 15 is 0 Å². The number of carbonyl (C=O) groups is 2. The van der Waals surface area contributed by atoms with Gasteiger partial charge in [0.25, 0.3) is 5.92 Å². The summed E-state index contributed by atoms with van der Waals surface area (Å²) in [7, 11) is 0. The molecule has 5 rings (SSSR count). The molecule has 3 aromatic rings. The van der Waals surface area contributed by atoms with Crippen LogP contribution < -0.4 is 15.1 Å². The minimum Gasteiger partial charge on any atom is -0.351 e. The van der Waals surface area contributed by atoms with Crippen molar-refractivity contribution in [3.63, 3.8) is 0 Å². The Morgan fingerprint density at radius 2 is 1.81 bits per heavy atom. The van der Waals surface area contributed by atoms with E-state index in [2.05, 4.69) is 20.2 Å². The van der Waals surface area contributed by atoms with Gasteiger partial charge < -0.3 is 10.2 Å². The van der Waals surface area contributed by atoms with E-state index in [0.717, 1.165) is 30.0 Å².